The van der Waals surface area contributed by atoms with Crippen LogP contribution in [0.4, 0.5) is 0 Å². The van der Waals surface area contributed by atoms with Gasteiger partial charge in [-0.1, -0.05) is 107 Å². The quantitative estimate of drug-likeness (QED) is 0.400. The molecule has 0 aliphatic heterocycles. The van der Waals surface area contributed by atoms with Gasteiger partial charge in [-0.2, -0.15) is 0 Å². The first-order valence-electron chi connectivity index (χ1n) is 10.8. The summed E-state index contributed by atoms with van der Waals surface area (Å²) < 4.78 is 1.23. The molecular weight excluding hydrogens is 416 g/mol. The van der Waals surface area contributed by atoms with Gasteiger partial charge in [-0.05, 0) is 77.0 Å². The first kappa shape index (κ1) is 24.2. The largest absolute Gasteiger partial charge is 0.0561 e. The topological polar surface area (TPSA) is 0 Å². The third kappa shape index (κ3) is 5.54. The van der Waals surface area contributed by atoms with Gasteiger partial charge in [-0.3, -0.25) is 0 Å². The summed E-state index contributed by atoms with van der Waals surface area (Å²) in [5.74, 6) is 0. The summed E-state index contributed by atoms with van der Waals surface area (Å²) in [6, 6.07) is 12.0. The van der Waals surface area contributed by atoms with Gasteiger partial charge in [0.2, 0.25) is 0 Å². The van der Waals surface area contributed by atoms with E-state index in [9.17, 15) is 0 Å². The monoisotopic (exact) mass is 456 g/mol. The van der Waals surface area contributed by atoms with E-state index in [1.165, 1.54) is 37.9 Å². The highest BCUT2D eigenvalue weighted by molar-refractivity contribution is 9.10. The maximum atomic E-state index is 4.00. The Morgan fingerprint density at radius 2 is 0.862 bits per heavy atom. The van der Waals surface area contributed by atoms with Crippen LogP contribution in [0, 0.1) is 0 Å². The van der Waals surface area contributed by atoms with Crippen molar-refractivity contribution < 1.29 is 0 Å². The van der Waals surface area contributed by atoms with Crippen LogP contribution in [-0.2, 0) is 21.7 Å². The molecule has 0 bridgehead atoms. The van der Waals surface area contributed by atoms with Gasteiger partial charge < -0.3 is 0 Å². The Hall–Kier alpha value is -1.08. The molecule has 0 N–H and O–H groups in total. The Morgan fingerprint density at radius 1 is 0.483 bits per heavy atom. The molecule has 0 fully saturated rings. The zero-order chi connectivity index (χ0) is 22.6. The van der Waals surface area contributed by atoms with E-state index in [4.69, 9.17) is 0 Å². The molecule has 0 unspecified atom stereocenters. The second-order valence-electron chi connectivity index (χ2n) is 12.7. The van der Waals surface area contributed by atoms with Gasteiger partial charge in [0.05, 0.1) is 0 Å². The van der Waals surface area contributed by atoms with Crippen LogP contribution in [0.15, 0.2) is 34.8 Å². The molecule has 0 radical (unpaired) electrons. The second kappa shape index (κ2) is 7.56. The summed E-state index contributed by atoms with van der Waals surface area (Å²) in [7, 11) is 0. The molecule has 0 saturated carbocycles. The zero-order valence-corrected chi connectivity index (χ0v) is 22.4. The highest BCUT2D eigenvalue weighted by Gasteiger charge is 2.26. The molecule has 0 amide bonds. The van der Waals surface area contributed by atoms with E-state index in [2.05, 4.69) is 129 Å². The van der Waals surface area contributed by atoms with E-state index in [1.54, 1.807) is 0 Å². The summed E-state index contributed by atoms with van der Waals surface area (Å²) in [6.07, 6.45) is 0. The summed E-state index contributed by atoms with van der Waals surface area (Å²) in [5.41, 5.74) is 8.55. The summed E-state index contributed by atoms with van der Waals surface area (Å²) in [5, 5.41) is 0. The minimum absolute atomic E-state index is 0.0728. The average Bonchev–Trinajstić information content (AvgIpc) is 2.50. The molecule has 29 heavy (non-hydrogen) atoms. The fourth-order valence-electron chi connectivity index (χ4n) is 3.46. The number of rotatable bonds is 1. The lowest BCUT2D eigenvalue weighted by Crippen LogP contribution is -2.18. The molecule has 160 valence electrons. The lowest BCUT2D eigenvalue weighted by molar-refractivity contribution is 0.565. The van der Waals surface area contributed by atoms with Crippen molar-refractivity contribution in [2.75, 3.05) is 0 Å². The molecule has 0 spiro atoms. The molecule has 0 heterocycles. The van der Waals surface area contributed by atoms with E-state index in [0.717, 1.165) is 0 Å². The van der Waals surface area contributed by atoms with Crippen LogP contribution in [0.1, 0.15) is 105 Å². The molecule has 2 rings (SSSR count). The van der Waals surface area contributed by atoms with E-state index < -0.39 is 0 Å². The van der Waals surface area contributed by atoms with Crippen LogP contribution >= 0.6 is 15.9 Å². The number of hydrogen-bond acceptors (Lipinski definition) is 0. The van der Waals surface area contributed by atoms with Gasteiger partial charge in [-0.25, -0.2) is 0 Å². The summed E-state index contributed by atoms with van der Waals surface area (Å²) in [4.78, 5) is 0. The van der Waals surface area contributed by atoms with Crippen molar-refractivity contribution in [1.29, 1.82) is 0 Å². The Labute approximate surface area is 188 Å². The predicted octanol–water partition coefficient (Wildman–Crippen LogP) is 9.31. The van der Waals surface area contributed by atoms with Gasteiger partial charge in [0.25, 0.3) is 0 Å². The number of hydrogen-bond donors (Lipinski definition) is 0. The van der Waals surface area contributed by atoms with Crippen molar-refractivity contribution in [2.24, 2.45) is 0 Å². The highest BCUT2D eigenvalue weighted by atomic mass is 79.9. The number of benzene rings is 2. The van der Waals surface area contributed by atoms with Crippen LogP contribution in [0.2, 0.25) is 0 Å². The molecule has 0 nitrogen and oxygen atoms in total. The minimum atomic E-state index is 0.0728. The van der Waals surface area contributed by atoms with Crippen LogP contribution in [0.5, 0.6) is 0 Å². The predicted molar refractivity (Wildman–Crippen MR) is 134 cm³/mol. The first-order chi connectivity index (χ1) is 12.8. The number of halogens is 1. The zero-order valence-electron chi connectivity index (χ0n) is 20.8. The van der Waals surface area contributed by atoms with Crippen molar-refractivity contribution >= 4 is 15.9 Å². The van der Waals surface area contributed by atoms with E-state index in [1.807, 2.05) is 0 Å². The maximum Gasteiger partial charge on any atom is 0.0291 e. The SMILES string of the molecule is CC(C)(C)c1cc(-c2cc(C(C)(C)C)cc(C(C)(C)C)c2Br)cc(C(C)(C)C)c1. The van der Waals surface area contributed by atoms with Crippen molar-refractivity contribution in [2.45, 2.75) is 105 Å². The van der Waals surface area contributed by atoms with Gasteiger partial charge in [0, 0.05) is 4.47 Å². The van der Waals surface area contributed by atoms with E-state index in [-0.39, 0.29) is 21.7 Å². The van der Waals surface area contributed by atoms with Gasteiger partial charge in [0.15, 0.2) is 0 Å². The van der Waals surface area contributed by atoms with Crippen molar-refractivity contribution in [3.63, 3.8) is 0 Å². The molecule has 1 heteroatoms. The molecule has 0 atom stereocenters. The standard InChI is InChI=1S/C28H41Br/c1-25(2,3)19-13-18(14-20(15-19)26(4,5)6)22-16-21(27(7,8)9)17-23(24(22)29)28(10,11)12/h13-17H,1-12H3. The molecule has 0 saturated heterocycles. The fraction of sp³-hybridized carbons (Fsp3) is 0.571. The molecular formula is C28H41Br. The normalized spacial score (nSPS) is 13.7. The second-order valence-corrected chi connectivity index (χ2v) is 13.5. The van der Waals surface area contributed by atoms with Crippen LogP contribution in [0.25, 0.3) is 11.1 Å². The third-order valence-corrected chi connectivity index (χ3v) is 6.58. The van der Waals surface area contributed by atoms with E-state index >= 15 is 0 Å². The molecule has 0 aliphatic rings. The van der Waals surface area contributed by atoms with Gasteiger partial charge in [-0.15, -0.1) is 0 Å². The Bertz CT molecular complexity index is 856. The maximum absolute atomic E-state index is 4.00. The lowest BCUT2D eigenvalue weighted by atomic mass is 9.76. The van der Waals surface area contributed by atoms with Crippen molar-refractivity contribution in [3.05, 3.63) is 57.1 Å². The van der Waals surface area contributed by atoms with Gasteiger partial charge >= 0.3 is 0 Å². The third-order valence-electron chi connectivity index (χ3n) is 5.72. The smallest absolute Gasteiger partial charge is 0.0291 e. The highest BCUT2D eigenvalue weighted by Crippen LogP contribution is 2.43. The molecule has 0 aliphatic carbocycles. The Kier molecular flexibility index (Phi) is 6.30. The molecule has 0 aromatic heterocycles. The van der Waals surface area contributed by atoms with Crippen molar-refractivity contribution in [3.8, 4) is 11.1 Å². The Morgan fingerprint density at radius 3 is 1.21 bits per heavy atom. The van der Waals surface area contributed by atoms with Crippen LogP contribution in [0.3, 0.4) is 0 Å². The average molecular weight is 458 g/mol. The molecule has 2 aromatic carbocycles. The summed E-state index contributed by atoms with van der Waals surface area (Å²) in [6.45, 7) is 27.6. The first-order valence-corrected chi connectivity index (χ1v) is 11.6. The lowest BCUT2D eigenvalue weighted by Gasteiger charge is -2.30. The van der Waals surface area contributed by atoms with Crippen LogP contribution < -0.4 is 0 Å². The minimum Gasteiger partial charge on any atom is -0.0561 e. The Balaban J connectivity index is 2.93. The van der Waals surface area contributed by atoms with E-state index in [0.29, 0.717) is 0 Å². The molecule has 2 aromatic rings. The summed E-state index contributed by atoms with van der Waals surface area (Å²) >= 11 is 4.00. The van der Waals surface area contributed by atoms with Crippen LogP contribution in [-0.4, -0.2) is 0 Å². The van der Waals surface area contributed by atoms with Crippen molar-refractivity contribution in [1.82, 2.24) is 0 Å². The fourth-order valence-corrected chi connectivity index (χ4v) is 4.51. The van der Waals surface area contributed by atoms with Gasteiger partial charge in [0.1, 0.15) is 0 Å².